The first kappa shape index (κ1) is 12.4. The van der Waals surface area contributed by atoms with Crippen LogP contribution in [0.25, 0.3) is 0 Å². The van der Waals surface area contributed by atoms with Crippen molar-refractivity contribution in [1.82, 2.24) is 4.98 Å². The van der Waals surface area contributed by atoms with Crippen LogP contribution in [0.4, 0.5) is 5.69 Å². The fourth-order valence-corrected chi connectivity index (χ4v) is 1.69. The Kier molecular flexibility index (Phi) is 4.20. The fourth-order valence-electron chi connectivity index (χ4n) is 1.39. The predicted molar refractivity (Wildman–Crippen MR) is 72.8 cm³/mol. The van der Waals surface area contributed by atoms with Crippen molar-refractivity contribution in [1.29, 1.82) is 0 Å². The third kappa shape index (κ3) is 3.24. The Morgan fingerprint density at radius 2 is 2.06 bits per heavy atom. The topological polar surface area (TPSA) is 51.2 Å². The summed E-state index contributed by atoms with van der Waals surface area (Å²) in [5.74, 6) is 0.573. The number of nitrogens with zero attached hydrogens (tertiary/aromatic N) is 1. The Balaban J connectivity index is 2.03. The van der Waals surface area contributed by atoms with E-state index in [1.807, 2.05) is 6.26 Å². The van der Waals surface area contributed by atoms with E-state index in [1.54, 1.807) is 42.6 Å². The average molecular weight is 260 g/mol. The van der Waals surface area contributed by atoms with Crippen LogP contribution < -0.4 is 9.50 Å². The number of anilines is 1. The van der Waals surface area contributed by atoms with Crippen molar-refractivity contribution in [2.75, 3.05) is 11.6 Å². The van der Waals surface area contributed by atoms with Gasteiger partial charge < -0.3 is 9.50 Å². The van der Waals surface area contributed by atoms with Crippen LogP contribution in [-0.4, -0.2) is 17.1 Å². The molecule has 0 radical (unpaired) electrons. The van der Waals surface area contributed by atoms with E-state index in [0.29, 0.717) is 5.56 Å². The van der Waals surface area contributed by atoms with Gasteiger partial charge in [0.05, 0.1) is 17.6 Å². The third-order valence-corrected chi connectivity index (χ3v) is 2.57. The van der Waals surface area contributed by atoms with E-state index in [4.69, 9.17) is 4.18 Å². The zero-order chi connectivity index (χ0) is 12.8. The molecule has 1 aromatic heterocycles. The highest BCUT2D eigenvalue weighted by Crippen LogP contribution is 2.18. The number of aromatic nitrogens is 1. The first-order valence-electron chi connectivity index (χ1n) is 5.31. The van der Waals surface area contributed by atoms with Crippen LogP contribution in [-0.2, 0) is 0 Å². The Hall–Kier alpha value is -2.01. The van der Waals surface area contributed by atoms with Gasteiger partial charge in [0.25, 0.3) is 5.91 Å². The molecule has 92 valence electrons. The molecule has 0 aliphatic carbocycles. The average Bonchev–Trinajstić information content (AvgIpc) is 2.42. The molecule has 2 aromatic rings. The lowest BCUT2D eigenvalue weighted by Crippen LogP contribution is -2.11. The number of carbonyl (C=O) groups excluding carboxylic acids is 1. The highest BCUT2D eigenvalue weighted by molar-refractivity contribution is 7.94. The molecule has 4 nitrogen and oxygen atoms in total. The molecule has 2 rings (SSSR count). The molecule has 5 heteroatoms. The first-order valence-corrected chi connectivity index (χ1v) is 6.46. The summed E-state index contributed by atoms with van der Waals surface area (Å²) in [7, 11) is 0. The predicted octanol–water partition coefficient (Wildman–Crippen LogP) is 2.99. The quantitative estimate of drug-likeness (QED) is 0.859. The maximum Gasteiger partial charge on any atom is 0.257 e. The van der Waals surface area contributed by atoms with Crippen LogP contribution in [0.2, 0.25) is 0 Å². The number of rotatable bonds is 4. The van der Waals surface area contributed by atoms with Gasteiger partial charge in [0.1, 0.15) is 5.75 Å². The van der Waals surface area contributed by atoms with E-state index in [1.165, 1.54) is 18.2 Å². The normalized spacial score (nSPS) is 9.83. The molecule has 0 fully saturated rings. The largest absolute Gasteiger partial charge is 0.426 e. The van der Waals surface area contributed by atoms with Gasteiger partial charge in [0, 0.05) is 24.3 Å². The van der Waals surface area contributed by atoms with Gasteiger partial charge in [-0.25, -0.2) is 0 Å². The molecule has 0 atom stereocenters. The molecule has 0 saturated heterocycles. The molecule has 0 spiro atoms. The lowest BCUT2D eigenvalue weighted by molar-refractivity contribution is 0.102. The minimum absolute atomic E-state index is 0.179. The molecule has 0 unspecified atom stereocenters. The summed E-state index contributed by atoms with van der Waals surface area (Å²) in [6.45, 7) is 0. The standard InChI is InChI=1S/C13H12N2O2S/c1-18-17-12-6-4-11(5-7-12)15-13(16)10-3-2-8-14-9-10/h2-9H,1H3,(H,15,16). The smallest absolute Gasteiger partial charge is 0.257 e. The Morgan fingerprint density at radius 1 is 1.28 bits per heavy atom. The highest BCUT2D eigenvalue weighted by atomic mass is 32.2. The van der Waals surface area contributed by atoms with Crippen molar-refractivity contribution < 1.29 is 8.98 Å². The Morgan fingerprint density at radius 3 is 2.67 bits per heavy atom. The van der Waals surface area contributed by atoms with E-state index in [0.717, 1.165) is 11.4 Å². The van der Waals surface area contributed by atoms with E-state index >= 15 is 0 Å². The summed E-state index contributed by atoms with van der Waals surface area (Å²) < 4.78 is 5.24. The van der Waals surface area contributed by atoms with Gasteiger partial charge in [-0.3, -0.25) is 9.78 Å². The highest BCUT2D eigenvalue weighted by Gasteiger charge is 2.05. The number of pyridine rings is 1. The third-order valence-electron chi connectivity index (χ3n) is 2.22. The SMILES string of the molecule is CSOc1ccc(NC(=O)c2cccnc2)cc1. The molecule has 0 aliphatic heterocycles. The summed E-state index contributed by atoms with van der Waals surface area (Å²) in [6, 6.07) is 10.6. The molecule has 0 saturated carbocycles. The lowest BCUT2D eigenvalue weighted by atomic mass is 10.2. The van der Waals surface area contributed by atoms with Gasteiger partial charge in [0.15, 0.2) is 0 Å². The Bertz CT molecular complexity index is 514. The summed E-state index contributed by atoms with van der Waals surface area (Å²) in [6.07, 6.45) is 5.00. The zero-order valence-corrected chi connectivity index (χ0v) is 10.6. The van der Waals surface area contributed by atoms with Crippen molar-refractivity contribution in [2.45, 2.75) is 0 Å². The van der Waals surface area contributed by atoms with Gasteiger partial charge in [0.2, 0.25) is 0 Å². The maximum absolute atomic E-state index is 11.8. The minimum atomic E-state index is -0.179. The van der Waals surface area contributed by atoms with Crippen LogP contribution in [0.5, 0.6) is 5.75 Å². The second-order valence-corrected chi connectivity index (χ2v) is 3.97. The van der Waals surface area contributed by atoms with Gasteiger partial charge in [-0.15, -0.1) is 0 Å². The second kappa shape index (κ2) is 6.07. The summed E-state index contributed by atoms with van der Waals surface area (Å²) >= 11 is 1.28. The fraction of sp³-hybridized carbons (Fsp3) is 0.0769. The van der Waals surface area contributed by atoms with Crippen LogP contribution in [0, 0.1) is 0 Å². The molecule has 1 amide bonds. The van der Waals surface area contributed by atoms with Crippen molar-refractivity contribution in [3.63, 3.8) is 0 Å². The summed E-state index contributed by atoms with van der Waals surface area (Å²) in [5.41, 5.74) is 1.25. The molecular formula is C13H12N2O2S. The molecule has 18 heavy (non-hydrogen) atoms. The number of hydrogen-bond donors (Lipinski definition) is 1. The molecule has 0 bridgehead atoms. The first-order chi connectivity index (χ1) is 8.79. The van der Waals surface area contributed by atoms with Crippen molar-refractivity contribution >= 4 is 23.6 Å². The van der Waals surface area contributed by atoms with E-state index < -0.39 is 0 Å². The van der Waals surface area contributed by atoms with Gasteiger partial charge in [-0.2, -0.15) is 0 Å². The van der Waals surface area contributed by atoms with Crippen LogP contribution >= 0.6 is 12.0 Å². The monoisotopic (exact) mass is 260 g/mol. The molecule has 1 N–H and O–H groups in total. The molecule has 0 aliphatic rings. The van der Waals surface area contributed by atoms with Gasteiger partial charge in [-0.1, -0.05) is 0 Å². The maximum atomic E-state index is 11.8. The van der Waals surface area contributed by atoms with Crippen LogP contribution in [0.15, 0.2) is 48.8 Å². The molecule has 1 aromatic carbocycles. The van der Waals surface area contributed by atoms with Crippen LogP contribution in [0.1, 0.15) is 10.4 Å². The van der Waals surface area contributed by atoms with E-state index in [9.17, 15) is 4.79 Å². The minimum Gasteiger partial charge on any atom is -0.426 e. The number of carbonyl (C=O) groups is 1. The van der Waals surface area contributed by atoms with Gasteiger partial charge in [-0.05, 0) is 36.4 Å². The van der Waals surface area contributed by atoms with Crippen molar-refractivity contribution in [3.8, 4) is 5.75 Å². The molecular weight excluding hydrogens is 248 g/mol. The van der Waals surface area contributed by atoms with Crippen molar-refractivity contribution in [3.05, 3.63) is 54.4 Å². The van der Waals surface area contributed by atoms with E-state index in [2.05, 4.69) is 10.3 Å². The Labute approximate surface area is 110 Å². The van der Waals surface area contributed by atoms with Crippen molar-refractivity contribution in [2.24, 2.45) is 0 Å². The number of nitrogens with one attached hydrogen (secondary N) is 1. The molecule has 1 heterocycles. The lowest BCUT2D eigenvalue weighted by Gasteiger charge is -2.06. The summed E-state index contributed by atoms with van der Waals surface area (Å²) in [4.78, 5) is 15.7. The van der Waals surface area contributed by atoms with Gasteiger partial charge >= 0.3 is 0 Å². The van der Waals surface area contributed by atoms with E-state index in [-0.39, 0.29) is 5.91 Å². The van der Waals surface area contributed by atoms with Crippen LogP contribution in [0.3, 0.4) is 0 Å². The number of amides is 1. The zero-order valence-electron chi connectivity index (χ0n) is 9.79. The summed E-state index contributed by atoms with van der Waals surface area (Å²) in [5, 5.41) is 2.79. The number of benzene rings is 1. The second-order valence-electron chi connectivity index (χ2n) is 3.47. The number of hydrogen-bond acceptors (Lipinski definition) is 4.